The first kappa shape index (κ1) is 27.0. The van der Waals surface area contributed by atoms with Gasteiger partial charge in [0.25, 0.3) is 0 Å². The molecule has 0 fully saturated rings. The fourth-order valence-corrected chi connectivity index (χ4v) is 4.36. The minimum atomic E-state index is 0.386. The van der Waals surface area contributed by atoms with Gasteiger partial charge in [0.2, 0.25) is 0 Å². The summed E-state index contributed by atoms with van der Waals surface area (Å²) < 4.78 is 0. The highest BCUT2D eigenvalue weighted by Gasteiger charge is 2.24. The van der Waals surface area contributed by atoms with Crippen LogP contribution in [-0.2, 0) is 0 Å². The molecule has 0 unspecified atom stereocenters. The number of hydrogen-bond acceptors (Lipinski definition) is 1. The van der Waals surface area contributed by atoms with Crippen LogP contribution >= 0.6 is 0 Å². The molecular formula is C26H55N. The van der Waals surface area contributed by atoms with Crippen LogP contribution in [0.5, 0.6) is 0 Å². The van der Waals surface area contributed by atoms with Crippen LogP contribution < -0.4 is 0 Å². The third-order valence-corrected chi connectivity index (χ3v) is 6.28. The van der Waals surface area contributed by atoms with E-state index in [9.17, 15) is 0 Å². The van der Waals surface area contributed by atoms with E-state index in [1.165, 1.54) is 129 Å². The zero-order chi connectivity index (χ0) is 20.2. The lowest BCUT2D eigenvalue weighted by atomic mass is 9.95. The molecule has 0 N–H and O–H groups in total. The zero-order valence-corrected chi connectivity index (χ0v) is 20.1. The minimum Gasteiger partial charge on any atom is -0.298 e. The van der Waals surface area contributed by atoms with Crippen LogP contribution in [0.15, 0.2) is 0 Å². The summed E-state index contributed by atoms with van der Waals surface area (Å²) in [5.41, 5.74) is 0.386. The van der Waals surface area contributed by atoms with Crippen molar-refractivity contribution in [2.75, 3.05) is 13.1 Å². The van der Waals surface area contributed by atoms with Gasteiger partial charge < -0.3 is 0 Å². The topological polar surface area (TPSA) is 3.24 Å². The van der Waals surface area contributed by atoms with Gasteiger partial charge in [-0.1, -0.05) is 117 Å². The summed E-state index contributed by atoms with van der Waals surface area (Å²) in [6, 6.07) is 0. The maximum atomic E-state index is 2.82. The Bertz CT molecular complexity index is 264. The second-order valence-electron chi connectivity index (χ2n) is 9.50. The molecule has 0 aliphatic heterocycles. The molecule has 0 rings (SSSR count). The van der Waals surface area contributed by atoms with Crippen molar-refractivity contribution in [3.8, 4) is 0 Å². The van der Waals surface area contributed by atoms with Crippen LogP contribution in [0, 0.1) is 0 Å². The Morgan fingerprint density at radius 3 is 1.11 bits per heavy atom. The zero-order valence-electron chi connectivity index (χ0n) is 20.1. The van der Waals surface area contributed by atoms with Crippen LogP contribution in [0.2, 0.25) is 0 Å². The molecule has 0 aromatic rings. The molecule has 27 heavy (non-hydrogen) atoms. The highest BCUT2D eigenvalue weighted by molar-refractivity contribution is 4.81. The van der Waals surface area contributed by atoms with Crippen molar-refractivity contribution in [1.29, 1.82) is 0 Å². The quantitative estimate of drug-likeness (QED) is 0.179. The predicted molar refractivity (Wildman–Crippen MR) is 126 cm³/mol. The van der Waals surface area contributed by atoms with E-state index in [-0.39, 0.29) is 0 Å². The monoisotopic (exact) mass is 381 g/mol. The molecule has 0 spiro atoms. The van der Waals surface area contributed by atoms with Crippen molar-refractivity contribution in [1.82, 2.24) is 4.90 Å². The van der Waals surface area contributed by atoms with Gasteiger partial charge in [0, 0.05) is 5.54 Å². The van der Waals surface area contributed by atoms with E-state index >= 15 is 0 Å². The average Bonchev–Trinajstić information content (AvgIpc) is 2.64. The summed E-state index contributed by atoms with van der Waals surface area (Å²) in [5, 5.41) is 0. The van der Waals surface area contributed by atoms with Crippen molar-refractivity contribution in [3.05, 3.63) is 0 Å². The first-order chi connectivity index (χ1) is 13.1. The molecule has 1 nitrogen and oxygen atoms in total. The summed E-state index contributed by atoms with van der Waals surface area (Å²) in [4.78, 5) is 2.82. The van der Waals surface area contributed by atoms with Gasteiger partial charge in [-0.3, -0.25) is 4.90 Å². The van der Waals surface area contributed by atoms with E-state index < -0.39 is 0 Å². The third kappa shape index (κ3) is 16.6. The second kappa shape index (κ2) is 19.3. The molecule has 0 atom stereocenters. The predicted octanol–water partition coefficient (Wildman–Crippen LogP) is 9.15. The molecule has 0 saturated carbocycles. The Morgan fingerprint density at radius 2 is 0.778 bits per heavy atom. The Hall–Kier alpha value is -0.0400. The average molecular weight is 382 g/mol. The summed E-state index contributed by atoms with van der Waals surface area (Å²) in [6.45, 7) is 14.5. The normalized spacial score (nSPS) is 12.2. The van der Waals surface area contributed by atoms with Crippen LogP contribution in [0.25, 0.3) is 0 Å². The minimum absolute atomic E-state index is 0.386. The van der Waals surface area contributed by atoms with E-state index in [1.807, 2.05) is 0 Å². The molecule has 164 valence electrons. The number of unbranched alkanes of at least 4 members (excludes halogenated alkanes) is 14. The van der Waals surface area contributed by atoms with Gasteiger partial charge in [0.05, 0.1) is 0 Å². The highest BCUT2D eigenvalue weighted by Crippen LogP contribution is 2.23. The van der Waals surface area contributed by atoms with E-state index in [0.29, 0.717) is 5.54 Å². The standard InChI is InChI=1S/C26H55N/c1-6-9-11-13-15-17-19-21-24-27(26(4,5)23-8-3)25-22-20-18-16-14-12-10-7-2/h6-25H2,1-5H3. The van der Waals surface area contributed by atoms with Crippen LogP contribution in [0.3, 0.4) is 0 Å². The summed E-state index contributed by atoms with van der Waals surface area (Å²) in [5.74, 6) is 0. The molecule has 0 saturated heterocycles. The van der Waals surface area contributed by atoms with Crippen molar-refractivity contribution in [2.45, 2.75) is 156 Å². The molecule has 0 heterocycles. The molecular weight excluding hydrogens is 326 g/mol. The van der Waals surface area contributed by atoms with E-state index in [4.69, 9.17) is 0 Å². The SMILES string of the molecule is CCCCCCCCCCN(CCCCCCCCCC)C(C)(C)CCC. The summed E-state index contributed by atoms with van der Waals surface area (Å²) >= 11 is 0. The van der Waals surface area contributed by atoms with E-state index in [1.54, 1.807) is 0 Å². The van der Waals surface area contributed by atoms with Gasteiger partial charge in [-0.2, -0.15) is 0 Å². The Morgan fingerprint density at radius 1 is 0.444 bits per heavy atom. The number of nitrogens with zero attached hydrogens (tertiary/aromatic N) is 1. The summed E-state index contributed by atoms with van der Waals surface area (Å²) in [6.07, 6.45) is 25.5. The molecule has 0 aliphatic rings. The molecule has 0 radical (unpaired) electrons. The molecule has 1 heteroatoms. The van der Waals surface area contributed by atoms with Crippen molar-refractivity contribution in [3.63, 3.8) is 0 Å². The van der Waals surface area contributed by atoms with Crippen molar-refractivity contribution < 1.29 is 0 Å². The Balaban J connectivity index is 3.95. The smallest absolute Gasteiger partial charge is 0.0153 e. The van der Waals surface area contributed by atoms with Gasteiger partial charge in [-0.05, 0) is 46.2 Å². The van der Waals surface area contributed by atoms with Gasteiger partial charge in [0.15, 0.2) is 0 Å². The molecule has 0 aliphatic carbocycles. The molecule has 0 amide bonds. The molecule has 0 aromatic carbocycles. The fraction of sp³-hybridized carbons (Fsp3) is 1.00. The first-order valence-electron chi connectivity index (χ1n) is 12.8. The summed E-state index contributed by atoms with van der Waals surface area (Å²) in [7, 11) is 0. The van der Waals surface area contributed by atoms with Gasteiger partial charge in [0.1, 0.15) is 0 Å². The Kier molecular flexibility index (Phi) is 19.3. The van der Waals surface area contributed by atoms with Gasteiger partial charge in [-0.15, -0.1) is 0 Å². The van der Waals surface area contributed by atoms with Crippen LogP contribution in [-0.4, -0.2) is 23.5 Å². The third-order valence-electron chi connectivity index (χ3n) is 6.28. The first-order valence-corrected chi connectivity index (χ1v) is 12.8. The number of hydrogen-bond donors (Lipinski definition) is 0. The maximum Gasteiger partial charge on any atom is 0.0153 e. The van der Waals surface area contributed by atoms with Gasteiger partial charge >= 0.3 is 0 Å². The van der Waals surface area contributed by atoms with Crippen molar-refractivity contribution in [2.24, 2.45) is 0 Å². The molecule has 0 aromatic heterocycles. The lowest BCUT2D eigenvalue weighted by Gasteiger charge is -2.39. The van der Waals surface area contributed by atoms with Crippen LogP contribution in [0.4, 0.5) is 0 Å². The van der Waals surface area contributed by atoms with Crippen LogP contribution in [0.1, 0.15) is 150 Å². The molecule has 0 bridgehead atoms. The lowest BCUT2D eigenvalue weighted by molar-refractivity contribution is 0.105. The van der Waals surface area contributed by atoms with Crippen molar-refractivity contribution >= 4 is 0 Å². The lowest BCUT2D eigenvalue weighted by Crippen LogP contribution is -2.45. The highest BCUT2D eigenvalue weighted by atomic mass is 15.2. The van der Waals surface area contributed by atoms with E-state index in [0.717, 1.165) is 0 Å². The largest absolute Gasteiger partial charge is 0.298 e. The van der Waals surface area contributed by atoms with E-state index in [2.05, 4.69) is 39.5 Å². The van der Waals surface area contributed by atoms with Gasteiger partial charge in [-0.25, -0.2) is 0 Å². The maximum absolute atomic E-state index is 2.82. The number of rotatable bonds is 21. The fourth-order valence-electron chi connectivity index (χ4n) is 4.36. The Labute approximate surface area is 174 Å². The second-order valence-corrected chi connectivity index (χ2v) is 9.50.